The highest BCUT2D eigenvalue weighted by Gasteiger charge is 2.62. The number of rotatable bonds is 7. The molecule has 1 saturated carbocycles. The first-order valence-corrected chi connectivity index (χ1v) is 16.6. The zero-order valence-electron chi connectivity index (χ0n) is 25.0. The van der Waals surface area contributed by atoms with E-state index < -0.39 is 11.3 Å². The summed E-state index contributed by atoms with van der Waals surface area (Å²) < 4.78 is 11.7. The van der Waals surface area contributed by atoms with Crippen LogP contribution < -0.4 is 5.32 Å². The fraction of sp³-hybridized carbons (Fsp3) is 0.656. The molecule has 230 valence electrons. The quantitative estimate of drug-likeness (QED) is 0.513. The molecule has 2 aromatic heterocycles. The second-order valence-electron chi connectivity index (χ2n) is 13.8. The molecule has 4 saturated heterocycles. The predicted octanol–water partition coefficient (Wildman–Crippen LogP) is 3.42. The maximum Gasteiger partial charge on any atom is 0.265 e. The van der Waals surface area contributed by atoms with Crippen LogP contribution in [0.5, 0.6) is 0 Å². The molecule has 4 aliphatic heterocycles. The molecule has 43 heavy (non-hydrogen) atoms. The van der Waals surface area contributed by atoms with Gasteiger partial charge in [-0.1, -0.05) is 19.9 Å². The molecule has 0 bridgehead atoms. The van der Waals surface area contributed by atoms with Gasteiger partial charge in [0.25, 0.3) is 5.91 Å². The van der Waals surface area contributed by atoms with Crippen molar-refractivity contribution in [2.45, 2.75) is 64.0 Å². The van der Waals surface area contributed by atoms with Crippen LogP contribution in [0.25, 0.3) is 0 Å². The lowest BCUT2D eigenvalue weighted by molar-refractivity contribution is -0.152. The van der Waals surface area contributed by atoms with Crippen molar-refractivity contribution >= 4 is 29.1 Å². The van der Waals surface area contributed by atoms with Crippen molar-refractivity contribution in [2.24, 2.45) is 22.7 Å². The molecule has 0 radical (unpaired) electrons. The van der Waals surface area contributed by atoms with Crippen LogP contribution in [0.4, 0.5) is 0 Å². The summed E-state index contributed by atoms with van der Waals surface area (Å²) in [5, 5.41) is 3.35. The van der Waals surface area contributed by atoms with Crippen LogP contribution in [-0.2, 0) is 19.1 Å². The van der Waals surface area contributed by atoms with Crippen molar-refractivity contribution in [1.82, 2.24) is 25.1 Å². The summed E-state index contributed by atoms with van der Waals surface area (Å²) in [6.07, 6.45) is 5.99. The number of amides is 3. The summed E-state index contributed by atoms with van der Waals surface area (Å²) in [5.41, 5.74) is 3.07. The van der Waals surface area contributed by atoms with Gasteiger partial charge < -0.3 is 24.6 Å². The molecule has 3 amide bonds. The fourth-order valence-corrected chi connectivity index (χ4v) is 8.19. The minimum Gasteiger partial charge on any atom is -0.381 e. The Hall–Kier alpha value is -2.89. The molecule has 1 aliphatic carbocycles. The number of aromatic nitrogens is 2. The van der Waals surface area contributed by atoms with E-state index in [1.54, 1.807) is 16.6 Å². The molecule has 5 aliphatic rings. The van der Waals surface area contributed by atoms with E-state index in [-0.39, 0.29) is 41.2 Å². The van der Waals surface area contributed by atoms with Gasteiger partial charge in [-0.25, -0.2) is 0 Å². The summed E-state index contributed by atoms with van der Waals surface area (Å²) in [4.78, 5) is 54.3. The van der Waals surface area contributed by atoms with E-state index in [1.165, 1.54) is 11.3 Å². The van der Waals surface area contributed by atoms with Gasteiger partial charge in [-0.2, -0.15) is 0 Å². The number of carbonyl (C=O) groups excluding carboxylic acids is 3. The minimum absolute atomic E-state index is 0.0428. The Morgan fingerprint density at radius 2 is 1.81 bits per heavy atom. The number of hydrogen-bond donors (Lipinski definition) is 1. The van der Waals surface area contributed by atoms with Crippen LogP contribution >= 0.6 is 11.3 Å². The number of carbonyl (C=O) groups is 3. The summed E-state index contributed by atoms with van der Waals surface area (Å²) in [7, 11) is 0. The Labute approximate surface area is 256 Å². The van der Waals surface area contributed by atoms with Crippen molar-refractivity contribution in [3.63, 3.8) is 0 Å². The van der Waals surface area contributed by atoms with Crippen molar-refractivity contribution in [2.75, 3.05) is 46.0 Å². The standard InChI is InChI=1S/C32H41N5O5S/c1-31(2)13-21(31)29(39)37-17-32(18-37)16-36(30(40)26-14-33-19-43-26)15-22(32)28(38)35-27(25-7-4-10-42-25)24-6-3-5-23(34-24)20-8-11-41-12-9-20/h3,5-6,14,19-22,25,27H,4,7-13,15-18H2,1-2H3,(H,35,38)/t21-,22+,25?,27?/m1/s1. The van der Waals surface area contributed by atoms with Crippen molar-refractivity contribution in [3.8, 4) is 0 Å². The topological polar surface area (TPSA) is 114 Å². The summed E-state index contributed by atoms with van der Waals surface area (Å²) >= 11 is 1.31. The van der Waals surface area contributed by atoms with Gasteiger partial charge in [-0.3, -0.25) is 24.4 Å². The molecule has 6 heterocycles. The van der Waals surface area contributed by atoms with E-state index in [2.05, 4.69) is 30.2 Å². The fourth-order valence-electron chi connectivity index (χ4n) is 7.60. The molecule has 0 aromatic carbocycles. The first-order valence-electron chi connectivity index (χ1n) is 15.7. The highest BCUT2D eigenvalue weighted by Crippen LogP contribution is 2.54. The molecule has 1 N–H and O–H groups in total. The van der Waals surface area contributed by atoms with E-state index in [1.807, 2.05) is 17.0 Å². The van der Waals surface area contributed by atoms with Crippen LogP contribution in [0, 0.1) is 22.7 Å². The van der Waals surface area contributed by atoms with Crippen LogP contribution in [0.15, 0.2) is 29.9 Å². The number of pyridine rings is 1. The Kier molecular flexibility index (Phi) is 7.54. The smallest absolute Gasteiger partial charge is 0.265 e. The summed E-state index contributed by atoms with van der Waals surface area (Å²) in [6, 6.07) is 5.70. The SMILES string of the molecule is CC1(C)C[C@@H]1C(=O)N1CC2(CN(C(=O)c3cncs3)C[C@H]2C(=O)NC(c2cccc(C3CCOCC3)n2)C2CCCO2)C1. The van der Waals surface area contributed by atoms with Gasteiger partial charge in [0.05, 0.1) is 35.5 Å². The van der Waals surface area contributed by atoms with E-state index in [9.17, 15) is 14.4 Å². The first kappa shape index (κ1) is 28.9. The average Bonchev–Trinajstić information content (AvgIpc) is 3.56. The Morgan fingerprint density at radius 1 is 1.05 bits per heavy atom. The van der Waals surface area contributed by atoms with Crippen molar-refractivity contribution < 1.29 is 23.9 Å². The normalized spacial score (nSPS) is 28.5. The molecule has 2 aromatic rings. The molecular formula is C32H41N5O5S. The summed E-state index contributed by atoms with van der Waals surface area (Å²) in [5.74, 6) is -0.0825. The first-order chi connectivity index (χ1) is 20.7. The third kappa shape index (κ3) is 5.48. The van der Waals surface area contributed by atoms with Gasteiger partial charge in [-0.15, -0.1) is 11.3 Å². The lowest BCUT2D eigenvalue weighted by Crippen LogP contribution is -2.64. The third-order valence-electron chi connectivity index (χ3n) is 10.4. The monoisotopic (exact) mass is 607 g/mol. The maximum atomic E-state index is 14.3. The van der Waals surface area contributed by atoms with Crippen molar-refractivity contribution in [1.29, 1.82) is 0 Å². The predicted molar refractivity (Wildman–Crippen MR) is 159 cm³/mol. The Balaban J connectivity index is 1.13. The van der Waals surface area contributed by atoms with Crippen LogP contribution in [0.3, 0.4) is 0 Å². The number of thiazole rings is 1. The van der Waals surface area contributed by atoms with Crippen molar-refractivity contribution in [3.05, 3.63) is 46.2 Å². The molecule has 4 atom stereocenters. The van der Waals surface area contributed by atoms with Gasteiger partial charge in [0.2, 0.25) is 11.8 Å². The number of nitrogens with zero attached hydrogens (tertiary/aromatic N) is 4. The summed E-state index contributed by atoms with van der Waals surface area (Å²) in [6.45, 7) is 8.13. The largest absolute Gasteiger partial charge is 0.381 e. The van der Waals surface area contributed by atoms with Crippen LogP contribution in [0.1, 0.15) is 79.0 Å². The molecule has 5 fully saturated rings. The van der Waals surface area contributed by atoms with E-state index in [0.29, 0.717) is 43.6 Å². The Morgan fingerprint density at radius 3 is 2.49 bits per heavy atom. The third-order valence-corrected chi connectivity index (χ3v) is 11.2. The Bertz CT molecular complexity index is 1360. The highest BCUT2D eigenvalue weighted by atomic mass is 32.1. The number of likely N-dealkylation sites (tertiary alicyclic amines) is 2. The van der Waals surface area contributed by atoms with Gasteiger partial charge in [-0.05, 0) is 49.7 Å². The van der Waals surface area contributed by atoms with E-state index in [0.717, 1.165) is 56.7 Å². The van der Waals surface area contributed by atoms with Gasteiger partial charge >= 0.3 is 0 Å². The molecule has 7 rings (SSSR count). The minimum atomic E-state index is -0.475. The number of hydrogen-bond acceptors (Lipinski definition) is 8. The number of nitrogens with one attached hydrogen (secondary N) is 1. The lowest BCUT2D eigenvalue weighted by atomic mass is 9.70. The second kappa shape index (κ2) is 11.2. The molecular weight excluding hydrogens is 566 g/mol. The molecule has 10 nitrogen and oxygen atoms in total. The van der Waals surface area contributed by atoms with E-state index >= 15 is 0 Å². The second-order valence-corrected chi connectivity index (χ2v) is 14.7. The average molecular weight is 608 g/mol. The van der Waals surface area contributed by atoms with Crippen LogP contribution in [0.2, 0.25) is 0 Å². The molecule has 1 spiro atoms. The van der Waals surface area contributed by atoms with E-state index in [4.69, 9.17) is 14.5 Å². The van der Waals surface area contributed by atoms with Crippen LogP contribution in [-0.4, -0.2) is 89.6 Å². The highest BCUT2D eigenvalue weighted by molar-refractivity contribution is 7.11. The zero-order chi connectivity index (χ0) is 29.8. The maximum absolute atomic E-state index is 14.3. The van der Waals surface area contributed by atoms with Gasteiger partial charge in [0.15, 0.2) is 0 Å². The molecule has 2 unspecified atom stereocenters. The lowest BCUT2D eigenvalue weighted by Gasteiger charge is -2.50. The van der Waals surface area contributed by atoms with Gasteiger partial charge in [0.1, 0.15) is 4.88 Å². The zero-order valence-corrected chi connectivity index (χ0v) is 25.8. The molecule has 11 heteroatoms. The van der Waals surface area contributed by atoms with Gasteiger partial charge in [0, 0.05) is 68.9 Å². The number of ether oxygens (including phenoxy) is 2.